The van der Waals surface area contributed by atoms with Crippen LogP contribution in [0.2, 0.25) is 0 Å². The number of hydrogen-bond acceptors (Lipinski definition) is 3. The Bertz CT molecular complexity index is 367. The molecule has 0 aliphatic carbocycles. The highest BCUT2D eigenvalue weighted by molar-refractivity contribution is 5.97. The lowest BCUT2D eigenvalue weighted by molar-refractivity contribution is -0.122. The van der Waals surface area contributed by atoms with Crippen LogP contribution in [0.4, 0.5) is 5.69 Å². The zero-order valence-corrected chi connectivity index (χ0v) is 11.9. The fourth-order valence-corrected chi connectivity index (χ4v) is 1.95. The SMILES string of the molecule is CC1(C(=O)Nc2ccncc2)CCCCN1.Cl.Cl. The molecule has 1 aliphatic rings. The predicted molar refractivity (Wildman–Crippen MR) is 77.6 cm³/mol. The van der Waals surface area contributed by atoms with E-state index in [0.29, 0.717) is 0 Å². The van der Waals surface area contributed by atoms with Gasteiger partial charge in [0, 0.05) is 18.1 Å². The molecule has 1 unspecified atom stereocenters. The summed E-state index contributed by atoms with van der Waals surface area (Å²) in [6.45, 7) is 2.88. The van der Waals surface area contributed by atoms with Crippen molar-refractivity contribution in [2.24, 2.45) is 0 Å². The van der Waals surface area contributed by atoms with E-state index in [1.54, 1.807) is 24.5 Å². The van der Waals surface area contributed by atoms with E-state index in [4.69, 9.17) is 0 Å². The van der Waals surface area contributed by atoms with Crippen molar-refractivity contribution in [2.75, 3.05) is 11.9 Å². The minimum atomic E-state index is -0.429. The molecule has 2 heterocycles. The third-order valence-corrected chi connectivity index (χ3v) is 3.06. The molecule has 1 aliphatic heterocycles. The molecule has 18 heavy (non-hydrogen) atoms. The Morgan fingerprint density at radius 1 is 1.33 bits per heavy atom. The minimum absolute atomic E-state index is 0. The molecule has 0 bridgehead atoms. The van der Waals surface area contributed by atoms with Crippen LogP contribution in [0.15, 0.2) is 24.5 Å². The zero-order valence-electron chi connectivity index (χ0n) is 10.3. The number of aromatic nitrogens is 1. The second-order valence-electron chi connectivity index (χ2n) is 4.41. The predicted octanol–water partition coefficient (Wildman–Crippen LogP) is 2.40. The van der Waals surface area contributed by atoms with Crippen molar-refractivity contribution in [3.8, 4) is 0 Å². The normalized spacial score (nSPS) is 22.3. The molecule has 0 saturated carbocycles. The number of halogens is 2. The van der Waals surface area contributed by atoms with Gasteiger partial charge in [0.1, 0.15) is 0 Å². The first-order valence-corrected chi connectivity index (χ1v) is 5.67. The molecule has 1 aromatic rings. The number of carbonyl (C=O) groups excluding carboxylic acids is 1. The van der Waals surface area contributed by atoms with Crippen LogP contribution in [0.3, 0.4) is 0 Å². The number of hydrogen-bond donors (Lipinski definition) is 2. The van der Waals surface area contributed by atoms with Crippen molar-refractivity contribution < 1.29 is 4.79 Å². The highest BCUT2D eigenvalue weighted by Crippen LogP contribution is 2.20. The van der Waals surface area contributed by atoms with Crippen molar-refractivity contribution in [1.82, 2.24) is 10.3 Å². The van der Waals surface area contributed by atoms with Gasteiger partial charge < -0.3 is 10.6 Å². The fraction of sp³-hybridized carbons (Fsp3) is 0.500. The molecular weight excluding hydrogens is 273 g/mol. The number of carbonyl (C=O) groups is 1. The first-order valence-electron chi connectivity index (χ1n) is 5.67. The lowest BCUT2D eigenvalue weighted by Crippen LogP contribution is -2.54. The fourth-order valence-electron chi connectivity index (χ4n) is 1.95. The minimum Gasteiger partial charge on any atom is -0.324 e. The largest absolute Gasteiger partial charge is 0.324 e. The summed E-state index contributed by atoms with van der Waals surface area (Å²) in [5, 5.41) is 6.20. The quantitative estimate of drug-likeness (QED) is 0.880. The number of nitrogens with one attached hydrogen (secondary N) is 2. The van der Waals surface area contributed by atoms with Crippen LogP contribution in [0.5, 0.6) is 0 Å². The number of pyridine rings is 1. The first kappa shape index (κ1) is 17.2. The molecule has 2 N–H and O–H groups in total. The molecule has 2 rings (SSSR count). The molecule has 0 radical (unpaired) electrons. The highest BCUT2D eigenvalue weighted by Gasteiger charge is 2.34. The van der Waals surface area contributed by atoms with Gasteiger partial charge in [0.25, 0.3) is 0 Å². The van der Waals surface area contributed by atoms with E-state index in [-0.39, 0.29) is 30.7 Å². The number of anilines is 1. The van der Waals surface area contributed by atoms with Crippen LogP contribution in [0.25, 0.3) is 0 Å². The summed E-state index contributed by atoms with van der Waals surface area (Å²) in [5.74, 6) is 0.0402. The summed E-state index contributed by atoms with van der Waals surface area (Å²) in [4.78, 5) is 16.0. The molecule has 0 aromatic carbocycles. The van der Waals surface area contributed by atoms with Crippen molar-refractivity contribution in [1.29, 1.82) is 0 Å². The Balaban J connectivity index is 0.00000144. The van der Waals surface area contributed by atoms with Gasteiger partial charge in [-0.2, -0.15) is 0 Å². The Kier molecular flexibility index (Phi) is 7.21. The average Bonchev–Trinajstić information content (AvgIpc) is 2.31. The van der Waals surface area contributed by atoms with Crippen LogP contribution in [-0.4, -0.2) is 23.0 Å². The van der Waals surface area contributed by atoms with E-state index in [9.17, 15) is 4.79 Å². The molecule has 1 amide bonds. The third kappa shape index (κ3) is 4.12. The lowest BCUT2D eigenvalue weighted by Gasteiger charge is -2.33. The van der Waals surface area contributed by atoms with Crippen molar-refractivity contribution in [3.05, 3.63) is 24.5 Å². The lowest BCUT2D eigenvalue weighted by atomic mass is 9.90. The summed E-state index contributed by atoms with van der Waals surface area (Å²) in [5.41, 5.74) is 0.371. The summed E-state index contributed by atoms with van der Waals surface area (Å²) >= 11 is 0. The van der Waals surface area contributed by atoms with Gasteiger partial charge in [-0.1, -0.05) is 0 Å². The van der Waals surface area contributed by atoms with Gasteiger partial charge in [-0.3, -0.25) is 9.78 Å². The van der Waals surface area contributed by atoms with E-state index in [1.165, 1.54) is 0 Å². The van der Waals surface area contributed by atoms with Gasteiger partial charge in [-0.25, -0.2) is 0 Å². The number of amides is 1. The molecule has 1 atom stereocenters. The highest BCUT2D eigenvalue weighted by atomic mass is 35.5. The third-order valence-electron chi connectivity index (χ3n) is 3.06. The van der Waals surface area contributed by atoms with Crippen LogP contribution in [-0.2, 0) is 4.79 Å². The Hall–Kier alpha value is -0.840. The maximum absolute atomic E-state index is 12.1. The van der Waals surface area contributed by atoms with Gasteiger partial charge >= 0.3 is 0 Å². The smallest absolute Gasteiger partial charge is 0.244 e. The van der Waals surface area contributed by atoms with E-state index in [2.05, 4.69) is 15.6 Å². The number of piperidine rings is 1. The second kappa shape index (κ2) is 7.56. The van der Waals surface area contributed by atoms with Gasteiger partial charge in [-0.05, 0) is 44.9 Å². The van der Waals surface area contributed by atoms with E-state index >= 15 is 0 Å². The van der Waals surface area contributed by atoms with E-state index in [1.807, 2.05) is 6.92 Å². The van der Waals surface area contributed by atoms with Gasteiger partial charge in [-0.15, -0.1) is 24.8 Å². The second-order valence-corrected chi connectivity index (χ2v) is 4.41. The molecule has 1 fully saturated rings. The summed E-state index contributed by atoms with van der Waals surface area (Å²) in [6.07, 6.45) is 6.49. The number of nitrogens with zero attached hydrogens (tertiary/aromatic N) is 1. The maximum Gasteiger partial charge on any atom is 0.244 e. The molecule has 1 saturated heterocycles. The first-order chi connectivity index (χ1) is 7.71. The average molecular weight is 292 g/mol. The van der Waals surface area contributed by atoms with Crippen molar-refractivity contribution in [2.45, 2.75) is 31.7 Å². The van der Waals surface area contributed by atoms with Crippen LogP contribution in [0, 0.1) is 0 Å². The summed E-state index contributed by atoms with van der Waals surface area (Å²) in [6, 6.07) is 3.59. The number of rotatable bonds is 2. The topological polar surface area (TPSA) is 54.0 Å². The Morgan fingerprint density at radius 3 is 2.56 bits per heavy atom. The molecule has 1 aromatic heterocycles. The monoisotopic (exact) mass is 291 g/mol. The Labute approximate surface area is 120 Å². The van der Waals surface area contributed by atoms with E-state index < -0.39 is 5.54 Å². The van der Waals surface area contributed by atoms with Crippen molar-refractivity contribution >= 4 is 36.4 Å². The van der Waals surface area contributed by atoms with Crippen LogP contribution >= 0.6 is 24.8 Å². The standard InChI is InChI=1S/C12H17N3O.2ClH/c1-12(6-2-3-7-14-12)11(16)15-10-4-8-13-9-5-10;;/h4-5,8-9,14H,2-3,6-7H2,1H3,(H,13,15,16);2*1H. The molecule has 4 nitrogen and oxygen atoms in total. The molecule has 0 spiro atoms. The van der Waals surface area contributed by atoms with Gasteiger partial charge in [0.2, 0.25) is 5.91 Å². The van der Waals surface area contributed by atoms with E-state index in [0.717, 1.165) is 31.5 Å². The zero-order chi connectivity index (χ0) is 11.4. The Morgan fingerprint density at radius 2 is 2.00 bits per heavy atom. The van der Waals surface area contributed by atoms with Crippen molar-refractivity contribution in [3.63, 3.8) is 0 Å². The molecular formula is C12H19Cl2N3O. The van der Waals surface area contributed by atoms with Gasteiger partial charge in [0.15, 0.2) is 0 Å². The maximum atomic E-state index is 12.1. The van der Waals surface area contributed by atoms with Gasteiger partial charge in [0.05, 0.1) is 5.54 Å². The molecule has 6 heteroatoms. The van der Waals surface area contributed by atoms with Crippen LogP contribution in [0.1, 0.15) is 26.2 Å². The summed E-state index contributed by atoms with van der Waals surface area (Å²) < 4.78 is 0. The van der Waals surface area contributed by atoms with Crippen LogP contribution < -0.4 is 10.6 Å². The molecule has 102 valence electrons. The summed E-state index contributed by atoms with van der Waals surface area (Å²) in [7, 11) is 0.